The summed E-state index contributed by atoms with van der Waals surface area (Å²) in [6.07, 6.45) is 4.56. The van der Waals surface area contributed by atoms with E-state index in [2.05, 4.69) is 37.9 Å². The molecule has 2 rings (SSSR count). The third kappa shape index (κ3) is 3.59. The van der Waals surface area contributed by atoms with E-state index < -0.39 is 0 Å². The average molecular weight is 295 g/mol. The molecule has 0 bridgehead atoms. The minimum absolute atomic E-state index is 0.0384. The Morgan fingerprint density at radius 2 is 2.05 bits per heavy atom. The van der Waals surface area contributed by atoms with Crippen molar-refractivity contribution < 1.29 is 4.79 Å². The molecule has 1 aliphatic carbocycles. The highest BCUT2D eigenvalue weighted by Crippen LogP contribution is 2.42. The summed E-state index contributed by atoms with van der Waals surface area (Å²) in [5, 5.41) is 3.01. The molecule has 2 fully saturated rings. The molecule has 4 atom stereocenters. The van der Waals surface area contributed by atoms with Gasteiger partial charge in [0.15, 0.2) is 0 Å². The normalized spacial score (nSPS) is 35.6. The molecule has 1 aliphatic heterocycles. The number of amides is 1. The van der Waals surface area contributed by atoms with Crippen molar-refractivity contribution in [3.63, 3.8) is 0 Å². The van der Waals surface area contributed by atoms with Crippen LogP contribution in [0.1, 0.15) is 53.4 Å². The third-order valence-corrected chi connectivity index (χ3v) is 5.67. The maximum absolute atomic E-state index is 12.2. The second kappa shape index (κ2) is 6.66. The lowest BCUT2D eigenvalue weighted by Gasteiger charge is -2.49. The molecule has 4 heteroatoms. The van der Waals surface area contributed by atoms with Crippen LogP contribution in [0.4, 0.5) is 0 Å². The molecule has 0 aromatic rings. The molecule has 0 radical (unpaired) electrons. The van der Waals surface area contributed by atoms with Crippen LogP contribution in [0.15, 0.2) is 0 Å². The summed E-state index contributed by atoms with van der Waals surface area (Å²) >= 11 is 0. The van der Waals surface area contributed by atoms with Gasteiger partial charge in [-0.15, -0.1) is 0 Å². The van der Waals surface area contributed by atoms with Gasteiger partial charge in [0.05, 0.1) is 6.04 Å². The first-order valence-corrected chi connectivity index (χ1v) is 8.62. The smallest absolute Gasteiger partial charge is 0.237 e. The van der Waals surface area contributed by atoms with Crippen LogP contribution in [0.5, 0.6) is 0 Å². The van der Waals surface area contributed by atoms with E-state index in [4.69, 9.17) is 5.73 Å². The van der Waals surface area contributed by atoms with Crippen LogP contribution in [0.3, 0.4) is 0 Å². The summed E-state index contributed by atoms with van der Waals surface area (Å²) < 4.78 is 0. The van der Waals surface area contributed by atoms with Crippen LogP contribution in [-0.4, -0.2) is 42.5 Å². The highest BCUT2D eigenvalue weighted by molar-refractivity contribution is 5.82. The lowest BCUT2D eigenvalue weighted by Crippen LogP contribution is -2.61. The number of nitrogens with zero attached hydrogens (tertiary/aromatic N) is 1. The van der Waals surface area contributed by atoms with Crippen molar-refractivity contribution in [1.29, 1.82) is 0 Å². The molecule has 2 aliphatic rings. The maximum Gasteiger partial charge on any atom is 0.237 e. The molecule has 0 aromatic carbocycles. The average Bonchev–Trinajstić information content (AvgIpc) is 2.45. The second-order valence-electron chi connectivity index (χ2n) is 7.89. The molecule has 122 valence electrons. The van der Waals surface area contributed by atoms with Gasteiger partial charge < -0.3 is 11.1 Å². The molecule has 1 saturated heterocycles. The summed E-state index contributed by atoms with van der Waals surface area (Å²) in [7, 11) is 0. The number of carbonyl (C=O) groups excluding carboxylic acids is 1. The number of rotatable bonds is 3. The van der Waals surface area contributed by atoms with E-state index >= 15 is 0 Å². The fourth-order valence-corrected chi connectivity index (χ4v) is 4.23. The van der Waals surface area contributed by atoms with Crippen LogP contribution < -0.4 is 11.1 Å². The van der Waals surface area contributed by atoms with Gasteiger partial charge in [-0.05, 0) is 49.5 Å². The lowest BCUT2D eigenvalue weighted by atomic mass is 9.67. The van der Waals surface area contributed by atoms with E-state index in [1.807, 2.05) is 0 Å². The highest BCUT2D eigenvalue weighted by atomic mass is 16.2. The third-order valence-electron chi connectivity index (χ3n) is 5.67. The van der Waals surface area contributed by atoms with E-state index in [0.717, 1.165) is 32.0 Å². The highest BCUT2D eigenvalue weighted by Gasteiger charge is 2.42. The monoisotopic (exact) mass is 295 g/mol. The van der Waals surface area contributed by atoms with Crippen LogP contribution in [-0.2, 0) is 4.79 Å². The number of nitrogens with one attached hydrogen (secondary N) is 1. The first-order chi connectivity index (χ1) is 9.88. The number of carbonyl (C=O) groups is 1. The van der Waals surface area contributed by atoms with Crippen molar-refractivity contribution in [3.05, 3.63) is 0 Å². The Labute approximate surface area is 129 Å². The van der Waals surface area contributed by atoms with Crippen molar-refractivity contribution in [3.8, 4) is 0 Å². The quantitative estimate of drug-likeness (QED) is 0.837. The number of nitrogens with two attached hydrogens (primary N) is 1. The number of hydrogen-bond acceptors (Lipinski definition) is 3. The summed E-state index contributed by atoms with van der Waals surface area (Å²) in [5.41, 5.74) is 6.39. The van der Waals surface area contributed by atoms with Gasteiger partial charge in [0.2, 0.25) is 5.91 Å². The Morgan fingerprint density at radius 1 is 1.33 bits per heavy atom. The number of piperazine rings is 1. The van der Waals surface area contributed by atoms with Gasteiger partial charge in [-0.2, -0.15) is 0 Å². The van der Waals surface area contributed by atoms with Crippen LogP contribution in [0.2, 0.25) is 0 Å². The Kier molecular flexibility index (Phi) is 5.31. The van der Waals surface area contributed by atoms with Gasteiger partial charge in [-0.3, -0.25) is 9.69 Å². The summed E-state index contributed by atoms with van der Waals surface area (Å²) in [5.74, 6) is 1.48. The fraction of sp³-hybridized carbons (Fsp3) is 0.941. The van der Waals surface area contributed by atoms with Gasteiger partial charge in [0.1, 0.15) is 0 Å². The largest absolute Gasteiger partial charge is 0.353 e. The zero-order valence-electron chi connectivity index (χ0n) is 14.2. The predicted molar refractivity (Wildman–Crippen MR) is 86.9 cm³/mol. The molecule has 1 amide bonds. The second-order valence-corrected chi connectivity index (χ2v) is 7.89. The molecular formula is C17H33N3O. The summed E-state index contributed by atoms with van der Waals surface area (Å²) in [6.45, 7) is 11.7. The van der Waals surface area contributed by atoms with E-state index in [-0.39, 0.29) is 11.9 Å². The minimum atomic E-state index is 0.0384. The van der Waals surface area contributed by atoms with Crippen molar-refractivity contribution in [2.75, 3.05) is 19.6 Å². The van der Waals surface area contributed by atoms with Crippen molar-refractivity contribution in [2.24, 2.45) is 23.0 Å². The predicted octanol–water partition coefficient (Wildman–Crippen LogP) is 1.99. The first-order valence-electron chi connectivity index (χ1n) is 8.62. The zero-order chi connectivity index (χ0) is 15.6. The minimum Gasteiger partial charge on any atom is -0.353 e. The van der Waals surface area contributed by atoms with Gasteiger partial charge >= 0.3 is 0 Å². The van der Waals surface area contributed by atoms with Gasteiger partial charge in [-0.1, -0.05) is 27.7 Å². The van der Waals surface area contributed by atoms with Gasteiger partial charge in [0.25, 0.3) is 0 Å². The maximum atomic E-state index is 12.2. The molecule has 0 spiro atoms. The fourth-order valence-electron chi connectivity index (χ4n) is 4.23. The number of hydrogen-bond donors (Lipinski definition) is 2. The van der Waals surface area contributed by atoms with E-state index in [1.165, 1.54) is 19.3 Å². The Bertz CT molecular complexity index is 364. The topological polar surface area (TPSA) is 58.4 Å². The summed E-state index contributed by atoms with van der Waals surface area (Å²) in [4.78, 5) is 14.6. The molecule has 21 heavy (non-hydrogen) atoms. The molecule has 4 nitrogen and oxygen atoms in total. The van der Waals surface area contributed by atoms with Crippen LogP contribution >= 0.6 is 0 Å². The first kappa shape index (κ1) is 16.8. The lowest BCUT2D eigenvalue weighted by molar-refractivity contribution is -0.132. The van der Waals surface area contributed by atoms with Gasteiger partial charge in [0, 0.05) is 19.1 Å². The molecule has 1 heterocycles. The molecule has 1 saturated carbocycles. The SMILES string of the molecule is CCC1C(=O)NCCN1C1CC(C(C)(C)C)CCC1CN. The zero-order valence-corrected chi connectivity index (χ0v) is 14.2. The Morgan fingerprint density at radius 3 is 2.62 bits per heavy atom. The molecule has 3 N–H and O–H groups in total. The van der Waals surface area contributed by atoms with Crippen molar-refractivity contribution in [1.82, 2.24) is 10.2 Å². The van der Waals surface area contributed by atoms with E-state index in [9.17, 15) is 4.79 Å². The van der Waals surface area contributed by atoms with Crippen molar-refractivity contribution >= 4 is 5.91 Å². The molecule has 4 unspecified atom stereocenters. The Hall–Kier alpha value is -0.610. The Balaban J connectivity index is 2.17. The van der Waals surface area contributed by atoms with E-state index in [1.54, 1.807) is 0 Å². The van der Waals surface area contributed by atoms with E-state index in [0.29, 0.717) is 17.4 Å². The van der Waals surface area contributed by atoms with Crippen molar-refractivity contribution in [2.45, 2.75) is 65.5 Å². The molecule has 0 aromatic heterocycles. The summed E-state index contributed by atoms with van der Waals surface area (Å²) in [6, 6.07) is 0.514. The van der Waals surface area contributed by atoms with Crippen LogP contribution in [0.25, 0.3) is 0 Å². The van der Waals surface area contributed by atoms with Crippen LogP contribution in [0, 0.1) is 17.3 Å². The standard InChI is InChI=1S/C17H33N3O/c1-5-14-16(21)19-8-9-20(14)15-10-13(17(2,3)4)7-6-12(15)11-18/h12-15H,5-11,18H2,1-4H3,(H,19,21). The molecular weight excluding hydrogens is 262 g/mol. The van der Waals surface area contributed by atoms with Gasteiger partial charge in [-0.25, -0.2) is 0 Å².